The molecule has 1 aliphatic rings. The summed E-state index contributed by atoms with van der Waals surface area (Å²) in [6, 6.07) is -0.343. The third-order valence-electron chi connectivity index (χ3n) is 3.68. The van der Waals surface area contributed by atoms with Crippen molar-refractivity contribution in [1.82, 2.24) is 10.2 Å². The predicted molar refractivity (Wildman–Crippen MR) is 79.8 cm³/mol. The average molecular weight is 294 g/mol. The number of esters is 1. The van der Waals surface area contributed by atoms with Crippen molar-refractivity contribution in [2.75, 3.05) is 18.6 Å². The van der Waals surface area contributed by atoms with Crippen LogP contribution >= 0.6 is 12.2 Å². The van der Waals surface area contributed by atoms with E-state index >= 15 is 0 Å². The molecule has 2 heterocycles. The highest BCUT2D eigenvalue weighted by atomic mass is 32.1. The maximum atomic E-state index is 11.9. The van der Waals surface area contributed by atoms with E-state index in [9.17, 15) is 4.79 Å². The minimum Gasteiger partial charge on any atom is -0.467 e. The Bertz CT molecular complexity index is 562. The second kappa shape index (κ2) is 5.70. The van der Waals surface area contributed by atoms with Crippen molar-refractivity contribution in [3.63, 3.8) is 0 Å². The summed E-state index contributed by atoms with van der Waals surface area (Å²) in [5.41, 5.74) is 8.21. The number of ether oxygens (including phenoxy) is 1. The van der Waals surface area contributed by atoms with Gasteiger partial charge < -0.3 is 15.4 Å². The van der Waals surface area contributed by atoms with E-state index in [-0.39, 0.29) is 17.0 Å². The number of nitrogens with zero attached hydrogens (tertiary/aromatic N) is 3. The van der Waals surface area contributed by atoms with Crippen LogP contribution in [0.1, 0.15) is 29.7 Å². The smallest absolute Gasteiger partial charge is 0.328 e. The second-order valence-corrected chi connectivity index (χ2v) is 5.29. The molecule has 1 aromatic rings. The quantitative estimate of drug-likeness (QED) is 0.654. The highest BCUT2D eigenvalue weighted by Crippen LogP contribution is 2.29. The summed E-state index contributed by atoms with van der Waals surface area (Å²) in [5.74, 6) is 0.310. The first-order chi connectivity index (χ1) is 9.47. The first-order valence-electron chi connectivity index (χ1n) is 6.45. The van der Waals surface area contributed by atoms with Crippen molar-refractivity contribution in [1.29, 1.82) is 0 Å². The molecule has 6 nitrogen and oxygen atoms in total. The molecule has 7 heteroatoms. The highest BCUT2D eigenvalue weighted by Gasteiger charge is 2.34. The van der Waals surface area contributed by atoms with E-state index in [1.807, 2.05) is 18.7 Å². The second-order valence-electron chi connectivity index (χ2n) is 4.85. The van der Waals surface area contributed by atoms with Crippen molar-refractivity contribution < 1.29 is 9.53 Å². The monoisotopic (exact) mass is 294 g/mol. The summed E-state index contributed by atoms with van der Waals surface area (Å²) < 4.78 is 4.85. The molecular formula is C13H18N4O2S. The van der Waals surface area contributed by atoms with E-state index in [1.165, 1.54) is 7.11 Å². The summed E-state index contributed by atoms with van der Waals surface area (Å²) >= 11 is 5.13. The van der Waals surface area contributed by atoms with Crippen LogP contribution in [0.4, 0.5) is 5.82 Å². The average Bonchev–Trinajstić information content (AvgIpc) is 2.89. The Morgan fingerprint density at radius 1 is 1.45 bits per heavy atom. The SMILES string of the molecule is COC(=O)C1CCCN1c1nnc(C)c(C)c1C(N)=S. The molecule has 1 aromatic heterocycles. The molecule has 1 unspecified atom stereocenters. The van der Waals surface area contributed by atoms with E-state index in [2.05, 4.69) is 10.2 Å². The number of hydrogen-bond donors (Lipinski definition) is 1. The number of thiocarbonyl (C=S) groups is 1. The lowest BCUT2D eigenvalue weighted by Gasteiger charge is -2.26. The van der Waals surface area contributed by atoms with Gasteiger partial charge in [0.05, 0.1) is 18.4 Å². The summed E-state index contributed by atoms with van der Waals surface area (Å²) in [6.45, 7) is 4.48. The standard InChI is InChI=1S/C13H18N4O2S/c1-7-8(2)15-16-12(10(7)11(14)20)17-6-4-5-9(17)13(18)19-3/h9H,4-6H2,1-3H3,(H2,14,20). The van der Waals surface area contributed by atoms with Gasteiger partial charge in [-0.1, -0.05) is 12.2 Å². The van der Waals surface area contributed by atoms with Gasteiger partial charge in [-0.2, -0.15) is 5.10 Å². The molecule has 0 saturated carbocycles. The Balaban J connectivity index is 2.49. The minimum atomic E-state index is -0.343. The molecule has 0 bridgehead atoms. The zero-order chi connectivity index (χ0) is 14.9. The number of aromatic nitrogens is 2. The number of carbonyl (C=O) groups excluding carboxylic acids is 1. The van der Waals surface area contributed by atoms with Crippen molar-refractivity contribution >= 4 is 29.0 Å². The fourth-order valence-electron chi connectivity index (χ4n) is 2.49. The largest absolute Gasteiger partial charge is 0.467 e. The van der Waals surface area contributed by atoms with Gasteiger partial charge in [0, 0.05) is 6.54 Å². The first kappa shape index (κ1) is 14.6. The van der Waals surface area contributed by atoms with Crippen LogP contribution in [-0.2, 0) is 9.53 Å². The van der Waals surface area contributed by atoms with Gasteiger partial charge in [-0.05, 0) is 32.3 Å². The molecule has 1 atom stereocenters. The fraction of sp³-hybridized carbons (Fsp3) is 0.538. The molecule has 0 amide bonds. The van der Waals surface area contributed by atoms with E-state index < -0.39 is 0 Å². The molecule has 2 N–H and O–H groups in total. The first-order valence-corrected chi connectivity index (χ1v) is 6.86. The maximum absolute atomic E-state index is 11.9. The van der Waals surface area contributed by atoms with Crippen molar-refractivity contribution in [3.8, 4) is 0 Å². The van der Waals surface area contributed by atoms with Gasteiger partial charge in [-0.15, -0.1) is 5.10 Å². The van der Waals surface area contributed by atoms with E-state index in [0.29, 0.717) is 17.9 Å². The Labute approximate surface area is 123 Å². The number of anilines is 1. The molecule has 1 fully saturated rings. The molecule has 0 aromatic carbocycles. The van der Waals surface area contributed by atoms with E-state index in [0.717, 1.165) is 24.1 Å². The van der Waals surface area contributed by atoms with Gasteiger partial charge in [0.1, 0.15) is 11.0 Å². The zero-order valence-electron chi connectivity index (χ0n) is 11.8. The summed E-state index contributed by atoms with van der Waals surface area (Å²) in [7, 11) is 1.39. The van der Waals surface area contributed by atoms with E-state index in [1.54, 1.807) is 0 Å². The van der Waals surface area contributed by atoms with Crippen LogP contribution in [0.2, 0.25) is 0 Å². The lowest BCUT2D eigenvalue weighted by atomic mass is 10.1. The lowest BCUT2D eigenvalue weighted by molar-refractivity contribution is -0.141. The van der Waals surface area contributed by atoms with Crippen LogP contribution in [0.15, 0.2) is 0 Å². The van der Waals surface area contributed by atoms with Crippen molar-refractivity contribution in [2.45, 2.75) is 32.7 Å². The van der Waals surface area contributed by atoms with Crippen LogP contribution in [0.5, 0.6) is 0 Å². The molecule has 2 rings (SSSR count). The van der Waals surface area contributed by atoms with Crippen molar-refractivity contribution in [3.05, 3.63) is 16.8 Å². The van der Waals surface area contributed by atoms with Crippen LogP contribution < -0.4 is 10.6 Å². The Morgan fingerprint density at radius 3 is 2.75 bits per heavy atom. The predicted octanol–water partition coefficient (Wildman–Crippen LogP) is 0.869. The Morgan fingerprint density at radius 2 is 2.15 bits per heavy atom. The molecule has 0 radical (unpaired) electrons. The normalized spacial score (nSPS) is 18.1. The molecule has 20 heavy (non-hydrogen) atoms. The maximum Gasteiger partial charge on any atom is 0.328 e. The van der Waals surface area contributed by atoms with Crippen LogP contribution in [0.25, 0.3) is 0 Å². The fourth-order valence-corrected chi connectivity index (χ4v) is 2.74. The third kappa shape index (κ3) is 2.45. The summed E-state index contributed by atoms with van der Waals surface area (Å²) in [4.78, 5) is 14.0. The van der Waals surface area contributed by atoms with Gasteiger partial charge >= 0.3 is 5.97 Å². The summed E-state index contributed by atoms with van der Waals surface area (Å²) in [5, 5.41) is 8.34. The molecular weight excluding hydrogens is 276 g/mol. The summed E-state index contributed by atoms with van der Waals surface area (Å²) in [6.07, 6.45) is 1.63. The number of carbonyl (C=O) groups is 1. The van der Waals surface area contributed by atoms with Crippen LogP contribution in [0.3, 0.4) is 0 Å². The molecule has 1 aliphatic heterocycles. The van der Waals surface area contributed by atoms with Gasteiger partial charge in [-0.3, -0.25) is 0 Å². The molecule has 1 saturated heterocycles. The molecule has 108 valence electrons. The number of methoxy groups -OCH3 is 1. The number of nitrogens with two attached hydrogens (primary N) is 1. The highest BCUT2D eigenvalue weighted by molar-refractivity contribution is 7.80. The number of hydrogen-bond acceptors (Lipinski definition) is 6. The minimum absolute atomic E-state index is 0.267. The zero-order valence-corrected chi connectivity index (χ0v) is 12.7. The van der Waals surface area contributed by atoms with Gasteiger partial charge in [0.25, 0.3) is 0 Å². The van der Waals surface area contributed by atoms with Gasteiger partial charge in [0.2, 0.25) is 0 Å². The molecule has 0 aliphatic carbocycles. The van der Waals surface area contributed by atoms with Crippen LogP contribution in [-0.4, -0.2) is 40.9 Å². The van der Waals surface area contributed by atoms with Gasteiger partial charge in [0.15, 0.2) is 5.82 Å². The Hall–Kier alpha value is -1.76. The Kier molecular flexibility index (Phi) is 4.17. The number of aryl methyl sites for hydroxylation is 1. The van der Waals surface area contributed by atoms with Crippen LogP contribution in [0, 0.1) is 13.8 Å². The third-order valence-corrected chi connectivity index (χ3v) is 3.88. The van der Waals surface area contributed by atoms with E-state index in [4.69, 9.17) is 22.7 Å². The molecule has 0 spiro atoms. The lowest BCUT2D eigenvalue weighted by Crippen LogP contribution is -2.39. The van der Waals surface area contributed by atoms with Gasteiger partial charge in [-0.25, -0.2) is 4.79 Å². The topological polar surface area (TPSA) is 81.3 Å². The number of rotatable bonds is 3. The van der Waals surface area contributed by atoms with Crippen molar-refractivity contribution in [2.24, 2.45) is 5.73 Å².